The van der Waals surface area contributed by atoms with Crippen LogP contribution in [0.15, 0.2) is 42.3 Å². The summed E-state index contributed by atoms with van der Waals surface area (Å²) < 4.78 is 7.03. The fraction of sp³-hybridized carbons (Fsp3) is 0.353. The monoisotopic (exact) mass is 385 g/mol. The largest absolute Gasteiger partial charge is 0.394 e. The van der Waals surface area contributed by atoms with E-state index < -0.39 is 31.1 Å². The van der Waals surface area contributed by atoms with Crippen LogP contribution in [0.4, 0.5) is 5.82 Å². The average Bonchev–Trinajstić information content (AvgIpc) is 3.28. The van der Waals surface area contributed by atoms with E-state index in [1.165, 1.54) is 17.2 Å². The highest BCUT2D eigenvalue weighted by Crippen LogP contribution is 2.32. The van der Waals surface area contributed by atoms with Crippen LogP contribution in [-0.2, 0) is 4.74 Å². The predicted octanol–water partition coefficient (Wildman–Crippen LogP) is -0.331. The van der Waals surface area contributed by atoms with Crippen LogP contribution in [0.1, 0.15) is 18.7 Å². The molecule has 0 radical (unpaired) electrons. The summed E-state index contributed by atoms with van der Waals surface area (Å²) in [5, 5.41) is 33.8. The maximum absolute atomic E-state index is 10.2. The summed E-state index contributed by atoms with van der Waals surface area (Å²) >= 11 is 0. The number of nitrogens with one attached hydrogen (secondary N) is 1. The van der Waals surface area contributed by atoms with Gasteiger partial charge >= 0.3 is 0 Å². The molecule has 0 unspecified atom stereocenters. The molecule has 0 saturated carbocycles. The third kappa shape index (κ3) is 3.20. The third-order valence-corrected chi connectivity index (χ3v) is 4.58. The lowest BCUT2D eigenvalue weighted by molar-refractivity contribution is -0.0511. The maximum atomic E-state index is 10.2. The number of aliphatic hydroxyl groups is 3. The van der Waals surface area contributed by atoms with Gasteiger partial charge in [0.15, 0.2) is 23.2 Å². The zero-order valence-corrected chi connectivity index (χ0v) is 14.9. The summed E-state index contributed by atoms with van der Waals surface area (Å²) in [5.74, 6) is 0.379. The van der Waals surface area contributed by atoms with E-state index in [-0.39, 0.29) is 0 Å². The molecule has 3 aromatic rings. The standard InChI is InChI=1S/C17H19N7O4/c1-9(10-2-4-18-5-3-10)22-23-15-12-16(20-7-19-15)24(8-21-12)17-14(27)13(26)11(6-25)28-17/h2-5,7-8,11,13-14,17,25-27H,6H2,1H3,(H,19,20,23)/b22-9+/t11-,13-,14-,17-/m1/s1. The Morgan fingerprint density at radius 1 is 1.21 bits per heavy atom. The summed E-state index contributed by atoms with van der Waals surface area (Å²) in [6.07, 6.45) is 1.88. The highest BCUT2D eigenvalue weighted by molar-refractivity contribution is 5.99. The van der Waals surface area contributed by atoms with Crippen LogP contribution in [0.2, 0.25) is 0 Å². The summed E-state index contributed by atoms with van der Waals surface area (Å²) in [4.78, 5) is 16.6. The van der Waals surface area contributed by atoms with Gasteiger partial charge in [0.05, 0.1) is 18.6 Å². The minimum absolute atomic E-state index is 0.379. The zero-order valence-electron chi connectivity index (χ0n) is 14.9. The number of ether oxygens (including phenoxy) is 1. The van der Waals surface area contributed by atoms with Crippen LogP contribution < -0.4 is 5.43 Å². The van der Waals surface area contributed by atoms with Crippen LogP contribution in [-0.4, -0.2) is 70.5 Å². The fourth-order valence-electron chi connectivity index (χ4n) is 3.02. The number of pyridine rings is 1. The van der Waals surface area contributed by atoms with E-state index in [4.69, 9.17) is 4.74 Å². The van der Waals surface area contributed by atoms with E-state index in [1.54, 1.807) is 12.4 Å². The molecule has 1 saturated heterocycles. The Balaban J connectivity index is 1.63. The fourth-order valence-corrected chi connectivity index (χ4v) is 3.02. The van der Waals surface area contributed by atoms with Crippen molar-refractivity contribution in [1.29, 1.82) is 0 Å². The molecule has 0 amide bonds. The van der Waals surface area contributed by atoms with Gasteiger partial charge in [0, 0.05) is 18.0 Å². The van der Waals surface area contributed by atoms with Gasteiger partial charge in [0.1, 0.15) is 24.6 Å². The van der Waals surface area contributed by atoms with E-state index in [0.29, 0.717) is 17.0 Å². The molecular formula is C17H19N7O4. The quantitative estimate of drug-likeness (QED) is 0.342. The Labute approximate surface area is 159 Å². The SMILES string of the molecule is C/C(=N\Nc1ncnc2c1ncn2[C@@H]1O[C@H](CO)[C@@H](O)[C@H]1O)c1ccncc1. The van der Waals surface area contributed by atoms with Crippen molar-refractivity contribution in [3.05, 3.63) is 42.7 Å². The molecule has 0 aliphatic carbocycles. The third-order valence-electron chi connectivity index (χ3n) is 4.58. The van der Waals surface area contributed by atoms with E-state index in [9.17, 15) is 15.3 Å². The highest BCUT2D eigenvalue weighted by atomic mass is 16.6. The summed E-state index contributed by atoms with van der Waals surface area (Å²) in [7, 11) is 0. The maximum Gasteiger partial charge on any atom is 0.177 e. The van der Waals surface area contributed by atoms with Gasteiger partial charge in [-0.15, -0.1) is 0 Å². The molecule has 4 rings (SSSR count). The molecule has 0 aromatic carbocycles. The number of fused-ring (bicyclic) bond motifs is 1. The average molecular weight is 385 g/mol. The number of rotatable bonds is 5. The molecule has 4 N–H and O–H groups in total. The van der Waals surface area contributed by atoms with Gasteiger partial charge in [-0.3, -0.25) is 15.0 Å². The Hall–Kier alpha value is -2.99. The number of imidazole rings is 1. The molecule has 1 aliphatic heterocycles. The van der Waals surface area contributed by atoms with Crippen molar-refractivity contribution < 1.29 is 20.1 Å². The summed E-state index contributed by atoms with van der Waals surface area (Å²) in [6, 6.07) is 3.68. The van der Waals surface area contributed by atoms with Crippen molar-refractivity contribution >= 4 is 22.7 Å². The van der Waals surface area contributed by atoms with E-state index in [1.807, 2.05) is 19.1 Å². The molecular weight excluding hydrogens is 366 g/mol. The molecule has 4 atom stereocenters. The number of hydrogen-bond acceptors (Lipinski definition) is 10. The molecule has 28 heavy (non-hydrogen) atoms. The molecule has 146 valence electrons. The van der Waals surface area contributed by atoms with E-state index in [2.05, 4.69) is 30.5 Å². The number of hydrazone groups is 1. The first-order valence-electron chi connectivity index (χ1n) is 8.61. The second-order valence-corrected chi connectivity index (χ2v) is 6.32. The first-order valence-corrected chi connectivity index (χ1v) is 8.61. The number of aliphatic hydroxyl groups excluding tert-OH is 3. The van der Waals surface area contributed by atoms with Gasteiger partial charge in [-0.05, 0) is 19.1 Å². The number of hydrogen-bond donors (Lipinski definition) is 4. The van der Waals surface area contributed by atoms with Crippen LogP contribution in [0.5, 0.6) is 0 Å². The Morgan fingerprint density at radius 2 is 2.00 bits per heavy atom. The molecule has 1 fully saturated rings. The molecule has 3 aromatic heterocycles. The van der Waals surface area contributed by atoms with Gasteiger partial charge in [-0.25, -0.2) is 15.0 Å². The van der Waals surface area contributed by atoms with Crippen LogP contribution in [0, 0.1) is 0 Å². The molecule has 4 heterocycles. The van der Waals surface area contributed by atoms with Crippen molar-refractivity contribution in [1.82, 2.24) is 24.5 Å². The van der Waals surface area contributed by atoms with Gasteiger partial charge in [-0.2, -0.15) is 5.10 Å². The lowest BCUT2D eigenvalue weighted by atomic mass is 10.1. The molecule has 1 aliphatic rings. The van der Waals surface area contributed by atoms with Gasteiger partial charge in [0.2, 0.25) is 0 Å². The van der Waals surface area contributed by atoms with E-state index >= 15 is 0 Å². The molecule has 0 bridgehead atoms. The topological polar surface area (TPSA) is 151 Å². The first kappa shape index (κ1) is 18.4. The first-order chi connectivity index (χ1) is 13.6. The number of nitrogens with zero attached hydrogens (tertiary/aromatic N) is 6. The Kier molecular flexibility index (Phi) is 4.96. The van der Waals surface area contributed by atoms with Gasteiger partial charge in [-0.1, -0.05) is 0 Å². The predicted molar refractivity (Wildman–Crippen MR) is 98.4 cm³/mol. The summed E-state index contributed by atoms with van der Waals surface area (Å²) in [5.41, 5.74) is 5.33. The number of anilines is 1. The minimum Gasteiger partial charge on any atom is -0.394 e. The number of aromatic nitrogens is 5. The van der Waals surface area contributed by atoms with Crippen molar-refractivity contribution in [2.24, 2.45) is 5.10 Å². The summed E-state index contributed by atoms with van der Waals surface area (Å²) in [6.45, 7) is 1.44. The smallest absolute Gasteiger partial charge is 0.177 e. The van der Waals surface area contributed by atoms with Crippen LogP contribution in [0.25, 0.3) is 11.2 Å². The minimum atomic E-state index is -1.23. The van der Waals surface area contributed by atoms with Crippen molar-refractivity contribution in [2.45, 2.75) is 31.5 Å². The highest BCUT2D eigenvalue weighted by Gasteiger charge is 2.44. The van der Waals surface area contributed by atoms with Crippen molar-refractivity contribution in [3.8, 4) is 0 Å². The molecule has 0 spiro atoms. The lowest BCUT2D eigenvalue weighted by Crippen LogP contribution is -2.33. The Morgan fingerprint density at radius 3 is 2.71 bits per heavy atom. The van der Waals surface area contributed by atoms with Gasteiger partial charge < -0.3 is 20.1 Å². The van der Waals surface area contributed by atoms with E-state index in [0.717, 1.165) is 11.3 Å². The normalized spacial score (nSPS) is 25.4. The second kappa shape index (κ2) is 7.56. The zero-order chi connectivity index (χ0) is 19.7. The van der Waals surface area contributed by atoms with Gasteiger partial charge in [0.25, 0.3) is 0 Å². The van der Waals surface area contributed by atoms with Crippen molar-refractivity contribution in [3.63, 3.8) is 0 Å². The van der Waals surface area contributed by atoms with Crippen LogP contribution >= 0.6 is 0 Å². The molecule has 11 heteroatoms. The Bertz CT molecular complexity index is 994. The molecule has 11 nitrogen and oxygen atoms in total. The van der Waals surface area contributed by atoms with Crippen LogP contribution in [0.3, 0.4) is 0 Å². The van der Waals surface area contributed by atoms with Crippen molar-refractivity contribution in [2.75, 3.05) is 12.0 Å². The second-order valence-electron chi connectivity index (χ2n) is 6.32. The lowest BCUT2D eigenvalue weighted by Gasteiger charge is -2.16.